The highest BCUT2D eigenvalue weighted by Gasteiger charge is 2.28. The van der Waals surface area contributed by atoms with Gasteiger partial charge in [0.2, 0.25) is 11.8 Å². The molecule has 0 saturated carbocycles. The van der Waals surface area contributed by atoms with Crippen molar-refractivity contribution in [1.29, 1.82) is 0 Å². The van der Waals surface area contributed by atoms with Crippen LogP contribution in [0.5, 0.6) is 0 Å². The molecule has 1 saturated heterocycles. The summed E-state index contributed by atoms with van der Waals surface area (Å²) < 4.78 is 16.4. The molecule has 0 radical (unpaired) electrons. The topological polar surface area (TPSA) is 98.3 Å². The van der Waals surface area contributed by atoms with Crippen molar-refractivity contribution in [1.82, 2.24) is 34.3 Å². The number of hydrogen-bond acceptors (Lipinski definition) is 6. The van der Waals surface area contributed by atoms with Gasteiger partial charge >= 0.3 is 0 Å². The molecular weight excluding hydrogens is 401 g/mol. The first-order valence-electron chi connectivity index (χ1n) is 9.82. The number of ketones is 1. The number of Topliss-reactive ketones (excluding diaryl/α,β-unsaturated/α-hetero) is 1. The summed E-state index contributed by atoms with van der Waals surface area (Å²) >= 11 is 0. The van der Waals surface area contributed by atoms with Crippen molar-refractivity contribution in [3.8, 4) is 11.5 Å². The van der Waals surface area contributed by atoms with E-state index in [0.717, 1.165) is 6.42 Å². The van der Waals surface area contributed by atoms with Crippen molar-refractivity contribution in [2.24, 2.45) is 7.05 Å². The molecule has 5 rings (SSSR count). The molecule has 9 nitrogen and oxygen atoms in total. The van der Waals surface area contributed by atoms with Crippen LogP contribution in [0.15, 0.2) is 42.7 Å². The highest BCUT2D eigenvalue weighted by atomic mass is 19.1. The van der Waals surface area contributed by atoms with E-state index in [0.29, 0.717) is 41.3 Å². The van der Waals surface area contributed by atoms with E-state index >= 15 is 0 Å². The normalized spacial score (nSPS) is 13.4. The minimum absolute atomic E-state index is 0.0801. The second-order valence-corrected chi connectivity index (χ2v) is 7.39. The van der Waals surface area contributed by atoms with E-state index in [1.54, 1.807) is 46.9 Å². The number of amides is 1. The maximum absolute atomic E-state index is 13.4. The molecule has 4 aromatic heterocycles. The lowest BCUT2D eigenvalue weighted by atomic mass is 10.0. The third-order valence-corrected chi connectivity index (χ3v) is 5.29. The summed E-state index contributed by atoms with van der Waals surface area (Å²) in [5.41, 5.74) is 2.17. The van der Waals surface area contributed by atoms with Crippen LogP contribution in [0.25, 0.3) is 17.2 Å². The van der Waals surface area contributed by atoms with E-state index < -0.39 is 5.95 Å². The van der Waals surface area contributed by atoms with Crippen LogP contribution in [0, 0.1) is 5.95 Å². The van der Waals surface area contributed by atoms with Gasteiger partial charge in [-0.2, -0.15) is 9.49 Å². The molecule has 156 valence electrons. The monoisotopic (exact) mass is 419 g/mol. The Morgan fingerprint density at radius 2 is 2.00 bits per heavy atom. The standard InChI is InChI=1S/C21H18FN7O2/c1-27-19(14(12-23-27)21(31)28-7-3-8-28)16(30)10-13-6-9-29-18(11-13)25-20(26-29)15-4-2-5-17(22)24-15/h2,4-6,9,11-12H,3,7-8,10H2,1H3. The van der Waals surface area contributed by atoms with Crippen molar-refractivity contribution in [2.75, 3.05) is 13.1 Å². The highest BCUT2D eigenvalue weighted by molar-refractivity contribution is 6.07. The number of carbonyl (C=O) groups excluding carboxylic acids is 2. The van der Waals surface area contributed by atoms with Crippen molar-refractivity contribution in [3.63, 3.8) is 0 Å². The zero-order chi connectivity index (χ0) is 21.5. The van der Waals surface area contributed by atoms with Gasteiger partial charge in [-0.25, -0.2) is 14.5 Å². The van der Waals surface area contributed by atoms with Gasteiger partial charge in [-0.15, -0.1) is 5.10 Å². The number of halogens is 1. The average molecular weight is 419 g/mol. The molecule has 31 heavy (non-hydrogen) atoms. The maximum Gasteiger partial charge on any atom is 0.257 e. The predicted molar refractivity (Wildman–Crippen MR) is 108 cm³/mol. The van der Waals surface area contributed by atoms with Gasteiger partial charge in [0.15, 0.2) is 11.4 Å². The predicted octanol–water partition coefficient (Wildman–Crippen LogP) is 1.94. The fourth-order valence-electron chi connectivity index (χ4n) is 3.56. The molecule has 1 fully saturated rings. The zero-order valence-electron chi connectivity index (χ0n) is 16.7. The molecule has 0 aromatic carbocycles. The summed E-state index contributed by atoms with van der Waals surface area (Å²) in [6.07, 6.45) is 4.19. The second-order valence-electron chi connectivity index (χ2n) is 7.39. The number of rotatable bonds is 5. The lowest BCUT2D eigenvalue weighted by molar-refractivity contribution is 0.0647. The van der Waals surface area contributed by atoms with Crippen LogP contribution in [-0.2, 0) is 13.5 Å². The van der Waals surface area contributed by atoms with Crippen LogP contribution in [0.1, 0.15) is 32.8 Å². The van der Waals surface area contributed by atoms with Crippen molar-refractivity contribution in [2.45, 2.75) is 12.8 Å². The molecular formula is C21H18FN7O2. The molecule has 0 unspecified atom stereocenters. The molecule has 0 bridgehead atoms. The summed E-state index contributed by atoms with van der Waals surface area (Å²) in [5, 5.41) is 8.43. The minimum Gasteiger partial charge on any atom is -0.338 e. The molecule has 1 amide bonds. The van der Waals surface area contributed by atoms with E-state index in [4.69, 9.17) is 0 Å². The molecule has 10 heteroatoms. The molecule has 0 N–H and O–H groups in total. The number of fused-ring (bicyclic) bond motifs is 1. The van der Waals surface area contributed by atoms with E-state index in [9.17, 15) is 14.0 Å². The Bertz CT molecular complexity index is 1320. The van der Waals surface area contributed by atoms with Gasteiger partial charge in [0.25, 0.3) is 5.91 Å². The lowest BCUT2D eigenvalue weighted by Crippen LogP contribution is -2.42. The summed E-state index contributed by atoms with van der Waals surface area (Å²) in [6.45, 7) is 1.40. The van der Waals surface area contributed by atoms with Crippen molar-refractivity contribution >= 4 is 17.3 Å². The number of likely N-dealkylation sites (tertiary alicyclic amines) is 1. The number of aryl methyl sites for hydroxylation is 1. The van der Waals surface area contributed by atoms with Crippen LogP contribution in [0.3, 0.4) is 0 Å². The van der Waals surface area contributed by atoms with Crippen LogP contribution < -0.4 is 0 Å². The van der Waals surface area contributed by atoms with Gasteiger partial charge < -0.3 is 4.90 Å². The van der Waals surface area contributed by atoms with Gasteiger partial charge in [0.05, 0.1) is 11.8 Å². The number of carbonyl (C=O) groups is 2. The largest absolute Gasteiger partial charge is 0.338 e. The average Bonchev–Trinajstić information content (AvgIpc) is 3.29. The fourth-order valence-corrected chi connectivity index (χ4v) is 3.56. The Balaban J connectivity index is 1.41. The minimum atomic E-state index is -0.609. The summed E-state index contributed by atoms with van der Waals surface area (Å²) in [4.78, 5) is 35.5. The van der Waals surface area contributed by atoms with Crippen molar-refractivity contribution < 1.29 is 14.0 Å². The fraction of sp³-hybridized carbons (Fsp3) is 0.238. The first-order chi connectivity index (χ1) is 15.0. The quantitative estimate of drug-likeness (QED) is 0.362. The van der Waals surface area contributed by atoms with Crippen LogP contribution in [0.4, 0.5) is 4.39 Å². The van der Waals surface area contributed by atoms with E-state index in [1.807, 2.05) is 0 Å². The van der Waals surface area contributed by atoms with E-state index in [2.05, 4.69) is 20.2 Å². The van der Waals surface area contributed by atoms with Gasteiger partial charge in [-0.1, -0.05) is 6.07 Å². The molecule has 0 atom stereocenters. The van der Waals surface area contributed by atoms with E-state index in [-0.39, 0.29) is 23.9 Å². The SMILES string of the molecule is Cn1ncc(C(=O)N2CCC2)c1C(=O)Cc1ccn2nc(-c3cccc(F)n3)nc2c1. The Morgan fingerprint density at radius 3 is 2.74 bits per heavy atom. The summed E-state index contributed by atoms with van der Waals surface area (Å²) in [7, 11) is 1.65. The Morgan fingerprint density at radius 1 is 1.16 bits per heavy atom. The van der Waals surface area contributed by atoms with E-state index in [1.165, 1.54) is 16.9 Å². The van der Waals surface area contributed by atoms with Crippen LogP contribution in [0.2, 0.25) is 0 Å². The Labute approximate surface area is 176 Å². The third kappa shape index (κ3) is 3.45. The van der Waals surface area contributed by atoms with Gasteiger partial charge in [0.1, 0.15) is 11.4 Å². The lowest BCUT2D eigenvalue weighted by Gasteiger charge is -2.30. The molecule has 5 heterocycles. The zero-order valence-corrected chi connectivity index (χ0v) is 16.7. The number of nitrogens with zero attached hydrogens (tertiary/aromatic N) is 7. The Kier molecular flexibility index (Phi) is 4.54. The second kappa shape index (κ2) is 7.38. The maximum atomic E-state index is 13.4. The highest BCUT2D eigenvalue weighted by Crippen LogP contribution is 2.19. The molecule has 1 aliphatic heterocycles. The molecule has 4 aromatic rings. The smallest absolute Gasteiger partial charge is 0.257 e. The van der Waals surface area contributed by atoms with Crippen LogP contribution in [-0.4, -0.2) is 59.0 Å². The number of hydrogen-bond donors (Lipinski definition) is 0. The molecule has 1 aliphatic rings. The van der Waals surface area contributed by atoms with Gasteiger partial charge in [-0.3, -0.25) is 14.3 Å². The van der Waals surface area contributed by atoms with Crippen molar-refractivity contribution in [3.05, 3.63) is 65.5 Å². The Hall–Kier alpha value is -3.95. The van der Waals surface area contributed by atoms with Crippen LogP contribution >= 0.6 is 0 Å². The molecule has 0 aliphatic carbocycles. The number of pyridine rings is 2. The van der Waals surface area contributed by atoms with Gasteiger partial charge in [0, 0.05) is 32.8 Å². The third-order valence-electron chi connectivity index (χ3n) is 5.29. The van der Waals surface area contributed by atoms with Gasteiger partial charge in [-0.05, 0) is 36.2 Å². The summed E-state index contributed by atoms with van der Waals surface area (Å²) in [5.74, 6) is -0.693. The first kappa shape index (κ1) is 19.0. The number of aromatic nitrogens is 6. The molecule has 0 spiro atoms. The first-order valence-corrected chi connectivity index (χ1v) is 9.82. The summed E-state index contributed by atoms with van der Waals surface area (Å²) in [6, 6.07) is 7.92.